The van der Waals surface area contributed by atoms with Crippen LogP contribution in [-0.4, -0.2) is 16.0 Å². The minimum absolute atomic E-state index is 0.0630. The van der Waals surface area contributed by atoms with Gasteiger partial charge >= 0.3 is 0 Å². The number of benzene rings is 2. The molecule has 1 aliphatic rings. The first-order valence-corrected chi connectivity index (χ1v) is 8.49. The molecule has 0 aliphatic carbocycles. The lowest BCUT2D eigenvalue weighted by molar-refractivity contribution is -0.384. The van der Waals surface area contributed by atoms with Crippen LogP contribution in [0, 0.1) is 10.1 Å². The van der Waals surface area contributed by atoms with Gasteiger partial charge in [0.1, 0.15) is 5.02 Å². The zero-order valence-electron chi connectivity index (χ0n) is 12.4. The number of amides is 1. The van der Waals surface area contributed by atoms with Crippen molar-refractivity contribution in [1.29, 1.82) is 0 Å². The molecule has 1 saturated heterocycles. The second-order valence-electron chi connectivity index (χ2n) is 4.90. The summed E-state index contributed by atoms with van der Waals surface area (Å²) in [5.74, 6) is -0.353. The van der Waals surface area contributed by atoms with E-state index in [0.29, 0.717) is 21.3 Å². The van der Waals surface area contributed by atoms with Crippen molar-refractivity contribution in [2.75, 3.05) is 0 Å². The van der Waals surface area contributed by atoms with Crippen LogP contribution in [0.3, 0.4) is 0 Å². The standard InChI is InChI=1S/C16H9Cl2N3O3S/c17-11-8-12(18)13(21(23)24)6-9(11)7-14-15(22)20-16(25-14)19-10-4-2-1-3-5-10/h1-8H,(H,19,20,22). The maximum absolute atomic E-state index is 12.1. The molecular formula is C16H9Cl2N3O3S. The zero-order valence-corrected chi connectivity index (χ0v) is 14.7. The first-order valence-electron chi connectivity index (χ1n) is 6.92. The molecule has 0 saturated carbocycles. The van der Waals surface area contributed by atoms with Gasteiger partial charge in [0.25, 0.3) is 11.6 Å². The molecule has 0 bridgehead atoms. The van der Waals surface area contributed by atoms with Crippen molar-refractivity contribution in [3.8, 4) is 0 Å². The van der Waals surface area contributed by atoms with E-state index in [1.807, 2.05) is 18.2 Å². The third-order valence-corrected chi connectivity index (χ3v) is 4.73. The van der Waals surface area contributed by atoms with Gasteiger partial charge in [-0.3, -0.25) is 14.9 Å². The van der Waals surface area contributed by atoms with E-state index in [9.17, 15) is 14.9 Å². The molecule has 1 aliphatic heterocycles. The lowest BCUT2D eigenvalue weighted by Crippen LogP contribution is -2.19. The fourth-order valence-electron chi connectivity index (χ4n) is 2.05. The molecule has 0 unspecified atom stereocenters. The van der Waals surface area contributed by atoms with Crippen molar-refractivity contribution in [2.24, 2.45) is 4.99 Å². The summed E-state index contributed by atoms with van der Waals surface area (Å²) >= 11 is 13.0. The summed E-state index contributed by atoms with van der Waals surface area (Å²) < 4.78 is 0. The third-order valence-electron chi connectivity index (χ3n) is 3.19. The second kappa shape index (κ2) is 7.26. The Bertz CT molecular complexity index is 930. The Labute approximate surface area is 156 Å². The Hall–Kier alpha value is -2.35. The summed E-state index contributed by atoms with van der Waals surface area (Å²) in [4.78, 5) is 27.1. The molecule has 1 amide bonds. The number of hydrogen-bond acceptors (Lipinski definition) is 5. The lowest BCUT2D eigenvalue weighted by Gasteiger charge is -2.01. The van der Waals surface area contributed by atoms with E-state index >= 15 is 0 Å². The zero-order chi connectivity index (χ0) is 18.0. The molecule has 2 aromatic carbocycles. The minimum Gasteiger partial charge on any atom is -0.300 e. The number of para-hydroxylation sites is 1. The molecule has 0 radical (unpaired) electrons. The van der Waals surface area contributed by atoms with Gasteiger partial charge in [-0.15, -0.1) is 0 Å². The van der Waals surface area contributed by atoms with Gasteiger partial charge in [-0.2, -0.15) is 0 Å². The molecule has 0 aromatic heterocycles. The predicted molar refractivity (Wildman–Crippen MR) is 100 cm³/mol. The first kappa shape index (κ1) is 17.5. The summed E-state index contributed by atoms with van der Waals surface area (Å²) in [7, 11) is 0. The van der Waals surface area contributed by atoms with Gasteiger partial charge in [0.2, 0.25) is 0 Å². The minimum atomic E-state index is -0.606. The number of carbonyl (C=O) groups is 1. The lowest BCUT2D eigenvalue weighted by atomic mass is 10.2. The summed E-state index contributed by atoms with van der Waals surface area (Å²) in [5, 5.41) is 14.2. The summed E-state index contributed by atoms with van der Waals surface area (Å²) in [6.45, 7) is 0. The van der Waals surface area contributed by atoms with Crippen LogP contribution in [-0.2, 0) is 4.79 Å². The summed E-state index contributed by atoms with van der Waals surface area (Å²) in [6, 6.07) is 11.7. The number of hydrogen-bond donors (Lipinski definition) is 1. The Morgan fingerprint density at radius 3 is 2.56 bits per heavy atom. The number of halogens is 2. The highest BCUT2D eigenvalue weighted by Crippen LogP contribution is 2.34. The number of rotatable bonds is 3. The van der Waals surface area contributed by atoms with Crippen LogP contribution in [0.25, 0.3) is 6.08 Å². The molecule has 0 atom stereocenters. The van der Waals surface area contributed by atoms with Gasteiger partial charge in [-0.25, -0.2) is 4.99 Å². The number of thioether (sulfide) groups is 1. The Morgan fingerprint density at radius 1 is 1.16 bits per heavy atom. The van der Waals surface area contributed by atoms with Crippen molar-refractivity contribution in [3.63, 3.8) is 0 Å². The van der Waals surface area contributed by atoms with Crippen molar-refractivity contribution < 1.29 is 9.72 Å². The summed E-state index contributed by atoms with van der Waals surface area (Å²) in [6.07, 6.45) is 1.47. The number of aliphatic imine (C=N–C) groups is 1. The maximum Gasteiger partial charge on any atom is 0.288 e. The molecule has 1 fully saturated rings. The molecule has 9 heteroatoms. The molecular weight excluding hydrogens is 385 g/mol. The van der Waals surface area contributed by atoms with Gasteiger partial charge in [-0.05, 0) is 36.0 Å². The van der Waals surface area contributed by atoms with Crippen LogP contribution in [0.1, 0.15) is 5.56 Å². The fraction of sp³-hybridized carbons (Fsp3) is 0. The van der Waals surface area contributed by atoms with Gasteiger partial charge in [-0.1, -0.05) is 41.4 Å². The van der Waals surface area contributed by atoms with E-state index in [1.165, 1.54) is 18.2 Å². The van der Waals surface area contributed by atoms with Crippen molar-refractivity contribution in [2.45, 2.75) is 0 Å². The maximum atomic E-state index is 12.1. The number of nitrogens with zero attached hydrogens (tertiary/aromatic N) is 2. The average Bonchev–Trinajstić information content (AvgIpc) is 2.90. The van der Waals surface area contributed by atoms with Crippen LogP contribution in [0.4, 0.5) is 11.4 Å². The van der Waals surface area contributed by atoms with E-state index in [4.69, 9.17) is 23.2 Å². The molecule has 0 spiro atoms. The fourth-order valence-corrected chi connectivity index (χ4v) is 3.39. The highest BCUT2D eigenvalue weighted by atomic mass is 35.5. The van der Waals surface area contributed by atoms with Crippen molar-refractivity contribution in [3.05, 3.63) is 73.1 Å². The number of nitro benzene ring substituents is 1. The largest absolute Gasteiger partial charge is 0.300 e. The monoisotopic (exact) mass is 393 g/mol. The van der Waals surface area contributed by atoms with E-state index in [-0.39, 0.29) is 21.6 Å². The topological polar surface area (TPSA) is 84.6 Å². The average molecular weight is 394 g/mol. The predicted octanol–water partition coefficient (Wildman–Crippen LogP) is 4.79. The molecule has 6 nitrogen and oxygen atoms in total. The number of nitro groups is 1. The first-order chi connectivity index (χ1) is 11.9. The Morgan fingerprint density at radius 2 is 1.88 bits per heavy atom. The van der Waals surface area contributed by atoms with Crippen molar-refractivity contribution in [1.82, 2.24) is 5.32 Å². The molecule has 2 aromatic rings. The highest BCUT2D eigenvalue weighted by molar-refractivity contribution is 8.18. The van der Waals surface area contributed by atoms with E-state index in [0.717, 1.165) is 11.8 Å². The van der Waals surface area contributed by atoms with Gasteiger partial charge in [0, 0.05) is 16.7 Å². The molecule has 1 N–H and O–H groups in total. The second-order valence-corrected chi connectivity index (χ2v) is 6.74. The molecule has 1 heterocycles. The van der Waals surface area contributed by atoms with Gasteiger partial charge < -0.3 is 5.32 Å². The normalized spacial score (nSPS) is 17.1. The van der Waals surface area contributed by atoms with Crippen LogP contribution in [0.5, 0.6) is 0 Å². The number of amidine groups is 1. The van der Waals surface area contributed by atoms with Crippen molar-refractivity contribution >= 4 is 63.5 Å². The molecule has 25 heavy (non-hydrogen) atoms. The van der Waals surface area contributed by atoms with Crippen LogP contribution >= 0.6 is 35.0 Å². The van der Waals surface area contributed by atoms with Gasteiger partial charge in [0.05, 0.1) is 15.5 Å². The van der Waals surface area contributed by atoms with E-state index < -0.39 is 4.92 Å². The van der Waals surface area contributed by atoms with Crippen LogP contribution < -0.4 is 5.32 Å². The van der Waals surface area contributed by atoms with Crippen LogP contribution in [0.2, 0.25) is 10.0 Å². The number of carbonyl (C=O) groups excluding carboxylic acids is 1. The van der Waals surface area contributed by atoms with Crippen LogP contribution in [0.15, 0.2) is 52.4 Å². The van der Waals surface area contributed by atoms with E-state index in [1.54, 1.807) is 12.1 Å². The molecule has 3 rings (SSSR count). The third kappa shape index (κ3) is 4.01. The Kier molecular flexibility index (Phi) is 5.08. The highest BCUT2D eigenvalue weighted by Gasteiger charge is 2.25. The summed E-state index contributed by atoms with van der Waals surface area (Å²) in [5.41, 5.74) is 0.752. The molecule has 126 valence electrons. The number of nitrogens with one attached hydrogen (secondary N) is 1. The Balaban J connectivity index is 1.92. The quantitative estimate of drug-likeness (QED) is 0.461. The van der Waals surface area contributed by atoms with E-state index in [2.05, 4.69) is 10.3 Å². The smallest absolute Gasteiger partial charge is 0.288 e. The van der Waals surface area contributed by atoms with Gasteiger partial charge in [0.15, 0.2) is 5.17 Å². The SMILES string of the molecule is O=C1NC(=Nc2ccccc2)SC1=Cc1cc([N+](=O)[O-])c(Cl)cc1Cl.